The van der Waals surface area contributed by atoms with E-state index < -0.39 is 0 Å². The number of rotatable bonds is 7. The molecule has 0 amide bonds. The lowest BCUT2D eigenvalue weighted by Gasteiger charge is -2.27. The molecule has 0 aromatic rings. The Morgan fingerprint density at radius 1 is 0.714 bits per heavy atom. The summed E-state index contributed by atoms with van der Waals surface area (Å²) in [6.45, 7) is 13.3. The van der Waals surface area contributed by atoms with Gasteiger partial charge in [0, 0.05) is 26.4 Å². The second kappa shape index (κ2) is 11.3. The van der Waals surface area contributed by atoms with Crippen molar-refractivity contribution < 1.29 is 14.2 Å². The molecule has 0 aromatic heterocycles. The average molecular weight is 395 g/mol. The third kappa shape index (κ3) is 6.71. The number of hydrogen-bond acceptors (Lipinski definition) is 3. The first-order chi connectivity index (χ1) is 13.5. The van der Waals surface area contributed by atoms with Gasteiger partial charge in [-0.3, -0.25) is 0 Å². The molecule has 0 aliphatic carbocycles. The minimum Gasteiger partial charge on any atom is -0.381 e. The highest BCUT2D eigenvalue weighted by Crippen LogP contribution is 2.35. The van der Waals surface area contributed by atoms with Gasteiger partial charge in [0.1, 0.15) is 0 Å². The van der Waals surface area contributed by atoms with Crippen LogP contribution < -0.4 is 0 Å². The largest absolute Gasteiger partial charge is 0.381 e. The van der Waals surface area contributed by atoms with Crippen LogP contribution in [0.3, 0.4) is 0 Å². The van der Waals surface area contributed by atoms with Gasteiger partial charge in [0.05, 0.1) is 12.2 Å². The monoisotopic (exact) mass is 394 g/mol. The van der Waals surface area contributed by atoms with Gasteiger partial charge in [0.15, 0.2) is 0 Å². The highest BCUT2D eigenvalue weighted by atomic mass is 16.5. The molecule has 3 aliphatic heterocycles. The van der Waals surface area contributed by atoms with Gasteiger partial charge in [0.2, 0.25) is 0 Å². The van der Waals surface area contributed by atoms with E-state index in [2.05, 4.69) is 27.7 Å². The van der Waals surface area contributed by atoms with Crippen LogP contribution in [-0.4, -0.2) is 38.6 Å². The molecule has 3 rings (SSSR count). The van der Waals surface area contributed by atoms with E-state index in [0.29, 0.717) is 24.0 Å². The molecule has 28 heavy (non-hydrogen) atoms. The van der Waals surface area contributed by atoms with Crippen LogP contribution in [0.25, 0.3) is 0 Å². The Morgan fingerprint density at radius 3 is 2.25 bits per heavy atom. The molecule has 0 bridgehead atoms. The molecule has 3 nitrogen and oxygen atoms in total. The molecule has 3 heteroatoms. The van der Waals surface area contributed by atoms with Crippen LogP contribution in [0, 0.1) is 35.5 Å². The molecule has 7 unspecified atom stereocenters. The number of hydrogen-bond donors (Lipinski definition) is 0. The maximum absolute atomic E-state index is 6.50. The first-order valence-corrected chi connectivity index (χ1v) is 12.3. The summed E-state index contributed by atoms with van der Waals surface area (Å²) in [7, 11) is 0. The molecule has 7 atom stereocenters. The molecule has 0 saturated carbocycles. The van der Waals surface area contributed by atoms with Crippen LogP contribution in [0.1, 0.15) is 85.5 Å². The van der Waals surface area contributed by atoms with E-state index in [4.69, 9.17) is 14.2 Å². The second-order valence-corrected chi connectivity index (χ2v) is 10.6. The maximum atomic E-state index is 6.50. The molecule has 3 aliphatic rings. The van der Waals surface area contributed by atoms with Crippen molar-refractivity contribution in [2.24, 2.45) is 35.5 Å². The van der Waals surface area contributed by atoms with Gasteiger partial charge in [-0.2, -0.15) is 0 Å². The predicted molar refractivity (Wildman–Crippen MR) is 115 cm³/mol. The van der Waals surface area contributed by atoms with Crippen LogP contribution in [0.15, 0.2) is 0 Å². The van der Waals surface area contributed by atoms with Gasteiger partial charge in [-0.15, -0.1) is 0 Å². The highest BCUT2D eigenvalue weighted by Gasteiger charge is 2.32. The Hall–Kier alpha value is -0.120. The normalized spacial score (nSPS) is 37.4. The molecule has 0 aromatic carbocycles. The molecule has 0 N–H and O–H groups in total. The van der Waals surface area contributed by atoms with Gasteiger partial charge in [-0.1, -0.05) is 40.5 Å². The van der Waals surface area contributed by atoms with Crippen LogP contribution in [0.2, 0.25) is 0 Å². The summed E-state index contributed by atoms with van der Waals surface area (Å²) in [6.07, 6.45) is 12.7. The summed E-state index contributed by atoms with van der Waals surface area (Å²) >= 11 is 0. The zero-order valence-electron chi connectivity index (χ0n) is 19.0. The summed E-state index contributed by atoms with van der Waals surface area (Å²) in [6, 6.07) is 0. The summed E-state index contributed by atoms with van der Waals surface area (Å²) in [5, 5.41) is 0. The van der Waals surface area contributed by atoms with Crippen LogP contribution in [0.4, 0.5) is 0 Å². The quantitative estimate of drug-likeness (QED) is 0.522. The molecular weight excluding hydrogens is 348 g/mol. The van der Waals surface area contributed by atoms with Crippen molar-refractivity contribution in [2.45, 2.75) is 97.7 Å². The highest BCUT2D eigenvalue weighted by molar-refractivity contribution is 4.81. The molecule has 3 fully saturated rings. The Bertz CT molecular complexity index is 430. The summed E-state index contributed by atoms with van der Waals surface area (Å²) < 4.78 is 18.4. The lowest BCUT2D eigenvalue weighted by atomic mass is 9.82. The average Bonchev–Trinajstić information content (AvgIpc) is 2.86. The zero-order valence-corrected chi connectivity index (χ0v) is 19.0. The van der Waals surface area contributed by atoms with Gasteiger partial charge >= 0.3 is 0 Å². The molecule has 0 radical (unpaired) electrons. The standard InChI is InChI=1S/C25H46O3/c1-18(2)25-14-22(16-28-25)13-20(4)24-10-7-8-21(15-27-24)12-19(3)23-9-5-6-11-26-17-23/h18-25H,5-17H2,1-4H3. The number of ether oxygens (including phenoxy) is 3. The van der Waals surface area contributed by atoms with Crippen molar-refractivity contribution in [3.63, 3.8) is 0 Å². The zero-order chi connectivity index (χ0) is 19.9. The van der Waals surface area contributed by atoms with E-state index in [0.717, 1.165) is 50.1 Å². The predicted octanol–water partition coefficient (Wildman–Crippen LogP) is 6.10. The Morgan fingerprint density at radius 2 is 1.46 bits per heavy atom. The lowest BCUT2D eigenvalue weighted by Crippen LogP contribution is -2.25. The van der Waals surface area contributed by atoms with Crippen molar-refractivity contribution in [1.82, 2.24) is 0 Å². The minimum atomic E-state index is 0.458. The van der Waals surface area contributed by atoms with E-state index in [1.165, 1.54) is 57.8 Å². The van der Waals surface area contributed by atoms with Crippen molar-refractivity contribution in [3.8, 4) is 0 Å². The fraction of sp³-hybridized carbons (Fsp3) is 1.00. The fourth-order valence-electron chi connectivity index (χ4n) is 5.80. The van der Waals surface area contributed by atoms with Gasteiger partial charge in [-0.25, -0.2) is 0 Å². The van der Waals surface area contributed by atoms with Crippen molar-refractivity contribution in [2.75, 3.05) is 26.4 Å². The van der Waals surface area contributed by atoms with E-state index in [9.17, 15) is 0 Å². The van der Waals surface area contributed by atoms with Gasteiger partial charge < -0.3 is 14.2 Å². The Balaban J connectivity index is 1.40. The Kier molecular flexibility index (Phi) is 9.12. The first-order valence-electron chi connectivity index (χ1n) is 12.3. The topological polar surface area (TPSA) is 27.7 Å². The maximum Gasteiger partial charge on any atom is 0.0601 e. The van der Waals surface area contributed by atoms with E-state index in [-0.39, 0.29) is 0 Å². The first kappa shape index (κ1) is 22.6. The van der Waals surface area contributed by atoms with Crippen molar-refractivity contribution >= 4 is 0 Å². The molecule has 3 heterocycles. The smallest absolute Gasteiger partial charge is 0.0601 e. The fourth-order valence-corrected chi connectivity index (χ4v) is 5.80. The summed E-state index contributed by atoms with van der Waals surface area (Å²) in [5.74, 6) is 4.32. The van der Waals surface area contributed by atoms with E-state index in [1.807, 2.05) is 0 Å². The summed E-state index contributed by atoms with van der Waals surface area (Å²) in [5.41, 5.74) is 0. The molecule has 164 valence electrons. The van der Waals surface area contributed by atoms with E-state index >= 15 is 0 Å². The van der Waals surface area contributed by atoms with Crippen molar-refractivity contribution in [1.29, 1.82) is 0 Å². The molecule has 3 saturated heterocycles. The minimum absolute atomic E-state index is 0.458. The molecular formula is C25H46O3. The Labute approximate surface area is 174 Å². The second-order valence-electron chi connectivity index (χ2n) is 10.6. The van der Waals surface area contributed by atoms with Gasteiger partial charge in [-0.05, 0) is 80.5 Å². The molecule has 0 spiro atoms. The lowest BCUT2D eigenvalue weighted by molar-refractivity contribution is -0.00469. The SMILES string of the molecule is CC(C)C1CC(CC(C)C2CCCC(CC(C)C3CCCCOC3)CO2)CO1. The third-order valence-electron chi connectivity index (χ3n) is 7.80. The van der Waals surface area contributed by atoms with Crippen molar-refractivity contribution in [3.05, 3.63) is 0 Å². The van der Waals surface area contributed by atoms with Crippen LogP contribution in [-0.2, 0) is 14.2 Å². The van der Waals surface area contributed by atoms with Crippen LogP contribution in [0.5, 0.6) is 0 Å². The summed E-state index contributed by atoms with van der Waals surface area (Å²) in [4.78, 5) is 0. The van der Waals surface area contributed by atoms with Gasteiger partial charge in [0.25, 0.3) is 0 Å². The third-order valence-corrected chi connectivity index (χ3v) is 7.80. The van der Waals surface area contributed by atoms with Crippen LogP contribution >= 0.6 is 0 Å². The van der Waals surface area contributed by atoms with E-state index in [1.54, 1.807) is 0 Å².